The maximum Gasteiger partial charge on any atom is 0.225 e. The van der Waals surface area contributed by atoms with E-state index in [9.17, 15) is 0 Å². The molecule has 1 unspecified atom stereocenters. The quantitative estimate of drug-likeness (QED) is 0.520. The van der Waals surface area contributed by atoms with Gasteiger partial charge in [0.2, 0.25) is 5.88 Å². The van der Waals surface area contributed by atoms with Crippen molar-refractivity contribution >= 4 is 5.57 Å². The molecule has 2 aromatic rings. The van der Waals surface area contributed by atoms with Crippen LogP contribution in [0, 0.1) is 18.8 Å². The second kappa shape index (κ2) is 9.47. The predicted molar refractivity (Wildman–Crippen MR) is 120 cm³/mol. The standard InChI is InChI=1S/C26H35NO2/c1-7-23-20(6)27-26(28-16-21-11-9-8-10-12-21)24(17(2)3)25(23)29-22-14-18(4)13-19(5)15-22/h8-12,18-19,22H,2,7,13-16H2,1,3-6H3/t18-,19+,22?. The van der Waals surface area contributed by atoms with Crippen LogP contribution in [0.1, 0.15) is 69.3 Å². The molecule has 1 saturated carbocycles. The van der Waals surface area contributed by atoms with E-state index in [2.05, 4.69) is 46.4 Å². The first-order valence-electron chi connectivity index (χ1n) is 10.9. The van der Waals surface area contributed by atoms with E-state index in [0.29, 0.717) is 24.3 Å². The fourth-order valence-electron chi connectivity index (χ4n) is 4.58. The molecule has 3 nitrogen and oxygen atoms in total. The molecule has 29 heavy (non-hydrogen) atoms. The van der Waals surface area contributed by atoms with Crippen LogP contribution >= 0.6 is 0 Å². The van der Waals surface area contributed by atoms with Crippen LogP contribution in [0.3, 0.4) is 0 Å². The molecule has 1 aromatic heterocycles. The van der Waals surface area contributed by atoms with Crippen molar-refractivity contribution in [3.63, 3.8) is 0 Å². The molecule has 1 fully saturated rings. The summed E-state index contributed by atoms with van der Waals surface area (Å²) in [6.07, 6.45) is 4.61. The number of hydrogen-bond acceptors (Lipinski definition) is 3. The lowest BCUT2D eigenvalue weighted by Crippen LogP contribution is -2.29. The Labute approximate surface area is 176 Å². The number of pyridine rings is 1. The number of ether oxygens (including phenoxy) is 2. The molecule has 0 aliphatic heterocycles. The number of rotatable bonds is 7. The van der Waals surface area contributed by atoms with Crippen LogP contribution in [-0.4, -0.2) is 11.1 Å². The zero-order valence-corrected chi connectivity index (χ0v) is 18.6. The first-order chi connectivity index (χ1) is 13.9. The lowest BCUT2D eigenvalue weighted by molar-refractivity contribution is 0.0991. The van der Waals surface area contributed by atoms with Gasteiger partial charge in [0, 0.05) is 11.3 Å². The van der Waals surface area contributed by atoms with E-state index in [-0.39, 0.29) is 6.10 Å². The van der Waals surface area contributed by atoms with Crippen LogP contribution in [0.5, 0.6) is 11.6 Å². The molecular formula is C26H35NO2. The summed E-state index contributed by atoms with van der Waals surface area (Å²) in [7, 11) is 0. The third-order valence-electron chi connectivity index (χ3n) is 5.84. The Morgan fingerprint density at radius 3 is 2.34 bits per heavy atom. The Morgan fingerprint density at radius 1 is 1.10 bits per heavy atom. The normalized spacial score (nSPS) is 21.6. The molecule has 1 aliphatic carbocycles. The SMILES string of the molecule is C=C(C)c1c(OCc2ccccc2)nc(C)c(CC)c1OC1C[C@@H](C)C[C@@H](C)C1. The Morgan fingerprint density at radius 2 is 1.76 bits per heavy atom. The average molecular weight is 394 g/mol. The van der Waals surface area contributed by atoms with Crippen LogP contribution in [0.15, 0.2) is 36.9 Å². The number of benzene rings is 1. The first kappa shape index (κ1) is 21.4. The Kier molecular flexibility index (Phi) is 7.00. The van der Waals surface area contributed by atoms with E-state index in [1.54, 1.807) is 0 Å². The molecule has 0 bridgehead atoms. The fourth-order valence-corrected chi connectivity index (χ4v) is 4.58. The predicted octanol–water partition coefficient (Wildman–Crippen LogP) is 6.77. The van der Waals surface area contributed by atoms with E-state index in [1.165, 1.54) is 12.0 Å². The highest BCUT2D eigenvalue weighted by molar-refractivity contribution is 5.73. The zero-order valence-electron chi connectivity index (χ0n) is 18.6. The van der Waals surface area contributed by atoms with E-state index in [1.807, 2.05) is 25.1 Å². The molecule has 1 aromatic carbocycles. The molecule has 0 amide bonds. The average Bonchev–Trinajstić information content (AvgIpc) is 2.66. The van der Waals surface area contributed by atoms with Crippen LogP contribution in [0.2, 0.25) is 0 Å². The second-order valence-corrected chi connectivity index (χ2v) is 8.75. The highest BCUT2D eigenvalue weighted by Crippen LogP contribution is 2.40. The topological polar surface area (TPSA) is 31.4 Å². The van der Waals surface area contributed by atoms with Crippen molar-refractivity contribution < 1.29 is 9.47 Å². The third-order valence-corrected chi connectivity index (χ3v) is 5.84. The van der Waals surface area contributed by atoms with Crippen LogP contribution < -0.4 is 9.47 Å². The second-order valence-electron chi connectivity index (χ2n) is 8.75. The van der Waals surface area contributed by atoms with Crippen molar-refractivity contribution in [2.24, 2.45) is 11.8 Å². The van der Waals surface area contributed by atoms with Crippen molar-refractivity contribution in [2.45, 2.75) is 73.0 Å². The largest absolute Gasteiger partial charge is 0.489 e. The van der Waals surface area contributed by atoms with Gasteiger partial charge in [0.15, 0.2) is 0 Å². The van der Waals surface area contributed by atoms with Gasteiger partial charge in [-0.1, -0.05) is 57.7 Å². The summed E-state index contributed by atoms with van der Waals surface area (Å²) >= 11 is 0. The lowest BCUT2D eigenvalue weighted by Gasteiger charge is -2.33. The molecule has 0 N–H and O–H groups in total. The highest BCUT2D eigenvalue weighted by Gasteiger charge is 2.28. The molecule has 1 heterocycles. The van der Waals surface area contributed by atoms with E-state index >= 15 is 0 Å². The van der Waals surface area contributed by atoms with Gasteiger partial charge in [-0.15, -0.1) is 0 Å². The van der Waals surface area contributed by atoms with Crippen molar-refractivity contribution in [3.05, 3.63) is 59.3 Å². The fraction of sp³-hybridized carbons (Fsp3) is 0.500. The van der Waals surface area contributed by atoms with Crippen LogP contribution in [0.4, 0.5) is 0 Å². The van der Waals surface area contributed by atoms with Crippen molar-refractivity contribution in [2.75, 3.05) is 0 Å². The highest BCUT2D eigenvalue weighted by atomic mass is 16.5. The van der Waals surface area contributed by atoms with Crippen LogP contribution in [0.25, 0.3) is 5.57 Å². The third kappa shape index (κ3) is 5.20. The summed E-state index contributed by atoms with van der Waals surface area (Å²) in [6.45, 7) is 15.6. The Hall–Kier alpha value is -2.29. The van der Waals surface area contributed by atoms with Gasteiger partial charge in [-0.3, -0.25) is 0 Å². The summed E-state index contributed by atoms with van der Waals surface area (Å²) < 4.78 is 12.9. The van der Waals surface area contributed by atoms with Gasteiger partial charge in [0.1, 0.15) is 12.4 Å². The summed E-state index contributed by atoms with van der Waals surface area (Å²) in [6, 6.07) is 10.2. The van der Waals surface area contributed by atoms with Gasteiger partial charge in [-0.25, -0.2) is 4.98 Å². The molecular weight excluding hydrogens is 358 g/mol. The van der Waals surface area contributed by atoms with Crippen molar-refractivity contribution in [1.82, 2.24) is 4.98 Å². The van der Waals surface area contributed by atoms with E-state index in [0.717, 1.165) is 47.4 Å². The molecule has 3 atom stereocenters. The monoisotopic (exact) mass is 393 g/mol. The number of aromatic nitrogens is 1. The van der Waals surface area contributed by atoms with E-state index < -0.39 is 0 Å². The Bertz CT molecular complexity index is 834. The number of allylic oxidation sites excluding steroid dienone is 1. The molecule has 3 heteroatoms. The first-order valence-corrected chi connectivity index (χ1v) is 10.9. The van der Waals surface area contributed by atoms with E-state index in [4.69, 9.17) is 14.5 Å². The summed E-state index contributed by atoms with van der Waals surface area (Å²) in [5.74, 6) is 2.95. The minimum atomic E-state index is 0.237. The summed E-state index contributed by atoms with van der Waals surface area (Å²) in [4.78, 5) is 4.80. The van der Waals surface area contributed by atoms with Crippen LogP contribution in [-0.2, 0) is 13.0 Å². The molecule has 0 saturated heterocycles. The number of aryl methyl sites for hydroxylation is 1. The lowest BCUT2D eigenvalue weighted by atomic mass is 9.81. The zero-order chi connectivity index (χ0) is 21.0. The minimum absolute atomic E-state index is 0.237. The molecule has 1 aliphatic rings. The Balaban J connectivity index is 1.96. The molecule has 0 radical (unpaired) electrons. The van der Waals surface area contributed by atoms with Crippen molar-refractivity contribution in [1.29, 1.82) is 0 Å². The van der Waals surface area contributed by atoms with Crippen molar-refractivity contribution in [3.8, 4) is 11.6 Å². The summed E-state index contributed by atoms with van der Waals surface area (Å²) in [5.41, 5.74) is 5.13. The maximum atomic E-state index is 6.70. The van der Waals surface area contributed by atoms with Gasteiger partial charge in [0.25, 0.3) is 0 Å². The molecule has 156 valence electrons. The smallest absolute Gasteiger partial charge is 0.225 e. The number of hydrogen-bond donors (Lipinski definition) is 0. The van der Waals surface area contributed by atoms with Gasteiger partial charge < -0.3 is 9.47 Å². The summed E-state index contributed by atoms with van der Waals surface area (Å²) in [5, 5.41) is 0. The van der Waals surface area contributed by atoms with Gasteiger partial charge >= 0.3 is 0 Å². The van der Waals surface area contributed by atoms with Gasteiger partial charge in [0.05, 0.1) is 11.7 Å². The minimum Gasteiger partial charge on any atom is -0.489 e. The van der Waals surface area contributed by atoms with Gasteiger partial charge in [-0.2, -0.15) is 0 Å². The molecule has 0 spiro atoms. The molecule has 3 rings (SSSR count). The number of nitrogens with zero attached hydrogens (tertiary/aromatic N) is 1. The maximum absolute atomic E-state index is 6.70. The van der Waals surface area contributed by atoms with Gasteiger partial charge in [-0.05, 0) is 62.5 Å².